The first-order valence-corrected chi connectivity index (χ1v) is 7.03. The summed E-state index contributed by atoms with van der Waals surface area (Å²) >= 11 is 0. The molecule has 6 heteroatoms. The predicted molar refractivity (Wildman–Crippen MR) is 60.4 cm³/mol. The fraction of sp³-hybridized carbons (Fsp3) is 0.667. The van der Waals surface area contributed by atoms with Gasteiger partial charge in [-0.2, -0.15) is 5.10 Å². The number of aromatic nitrogens is 2. The lowest BCUT2D eigenvalue weighted by Gasteiger charge is -2.13. The molecule has 0 aliphatic carbocycles. The van der Waals surface area contributed by atoms with Crippen molar-refractivity contribution in [1.29, 1.82) is 0 Å². The zero-order valence-electron chi connectivity index (χ0n) is 9.28. The normalized spacial score (nSPS) is 13.1. The molecule has 15 heavy (non-hydrogen) atoms. The monoisotopic (exact) mass is 250 g/mol. The maximum atomic E-state index is 10.9. The number of nitrogens with zero attached hydrogens (tertiary/aromatic N) is 2. The minimum atomic E-state index is -3.52. The second-order valence-electron chi connectivity index (χ2n) is 4.58. The molecule has 1 aromatic rings. The standard InChI is InChI=1S/C9H15ClN2O2S/c1-9(2,3)8-5-7(12(4)11-8)6-15(10,13)14/h5H,6H2,1-4H3. The van der Waals surface area contributed by atoms with Crippen molar-refractivity contribution in [3.8, 4) is 0 Å². The Bertz CT molecular complexity index is 457. The molecule has 0 bridgehead atoms. The highest BCUT2D eigenvalue weighted by Gasteiger charge is 2.20. The van der Waals surface area contributed by atoms with Gasteiger partial charge < -0.3 is 0 Å². The van der Waals surface area contributed by atoms with Crippen LogP contribution in [0.4, 0.5) is 0 Å². The van der Waals surface area contributed by atoms with E-state index in [2.05, 4.69) is 5.10 Å². The number of hydrogen-bond donors (Lipinski definition) is 0. The Morgan fingerprint density at radius 2 is 2.00 bits per heavy atom. The van der Waals surface area contributed by atoms with Gasteiger partial charge in [0.1, 0.15) is 5.75 Å². The van der Waals surface area contributed by atoms with E-state index in [1.807, 2.05) is 20.8 Å². The molecule has 1 heterocycles. The molecule has 0 aliphatic heterocycles. The second kappa shape index (κ2) is 3.79. The number of hydrogen-bond acceptors (Lipinski definition) is 3. The van der Waals surface area contributed by atoms with Gasteiger partial charge in [0.2, 0.25) is 9.05 Å². The van der Waals surface area contributed by atoms with E-state index in [0.717, 1.165) is 5.69 Å². The zero-order valence-corrected chi connectivity index (χ0v) is 10.9. The van der Waals surface area contributed by atoms with Crippen LogP contribution in [0.2, 0.25) is 0 Å². The summed E-state index contributed by atoms with van der Waals surface area (Å²) in [6, 6.07) is 1.78. The average Bonchev–Trinajstić information content (AvgIpc) is 2.27. The third-order valence-corrected chi connectivity index (χ3v) is 3.03. The van der Waals surface area contributed by atoms with Crippen molar-refractivity contribution in [3.63, 3.8) is 0 Å². The molecule has 0 aliphatic rings. The summed E-state index contributed by atoms with van der Waals surface area (Å²) in [5.74, 6) is -0.186. The van der Waals surface area contributed by atoms with Gasteiger partial charge in [0, 0.05) is 23.1 Å². The first kappa shape index (κ1) is 12.5. The lowest BCUT2D eigenvalue weighted by atomic mass is 9.92. The van der Waals surface area contributed by atoms with Gasteiger partial charge in [-0.3, -0.25) is 4.68 Å². The molecule has 0 N–H and O–H groups in total. The largest absolute Gasteiger partial charge is 0.271 e. The van der Waals surface area contributed by atoms with Crippen molar-refractivity contribution in [2.75, 3.05) is 0 Å². The van der Waals surface area contributed by atoms with E-state index >= 15 is 0 Å². The Kier molecular flexibility index (Phi) is 3.16. The van der Waals surface area contributed by atoms with Gasteiger partial charge in [0.05, 0.1) is 11.4 Å². The Labute approximate surface area is 94.7 Å². The van der Waals surface area contributed by atoms with Crippen molar-refractivity contribution < 1.29 is 8.42 Å². The number of aryl methyl sites for hydroxylation is 1. The maximum absolute atomic E-state index is 10.9. The van der Waals surface area contributed by atoms with Crippen LogP contribution in [0.3, 0.4) is 0 Å². The van der Waals surface area contributed by atoms with Crippen molar-refractivity contribution in [2.24, 2.45) is 7.05 Å². The van der Waals surface area contributed by atoms with E-state index in [9.17, 15) is 8.42 Å². The van der Waals surface area contributed by atoms with E-state index < -0.39 is 9.05 Å². The van der Waals surface area contributed by atoms with E-state index in [1.165, 1.54) is 0 Å². The Balaban J connectivity index is 3.08. The van der Waals surface area contributed by atoms with Gasteiger partial charge in [-0.1, -0.05) is 20.8 Å². The van der Waals surface area contributed by atoms with E-state index in [0.29, 0.717) is 5.69 Å². The quantitative estimate of drug-likeness (QED) is 0.752. The zero-order chi connectivity index (χ0) is 11.9. The molecule has 4 nitrogen and oxygen atoms in total. The molecule has 0 amide bonds. The smallest absolute Gasteiger partial charge is 0.238 e. The van der Waals surface area contributed by atoms with Gasteiger partial charge in [0.25, 0.3) is 0 Å². The number of halogens is 1. The summed E-state index contributed by atoms with van der Waals surface area (Å²) in [6.45, 7) is 6.07. The fourth-order valence-electron chi connectivity index (χ4n) is 1.18. The summed E-state index contributed by atoms with van der Waals surface area (Å²) in [5, 5.41) is 4.26. The van der Waals surface area contributed by atoms with Gasteiger partial charge in [-0.25, -0.2) is 8.42 Å². The van der Waals surface area contributed by atoms with Gasteiger partial charge >= 0.3 is 0 Å². The van der Waals surface area contributed by atoms with Crippen molar-refractivity contribution in [1.82, 2.24) is 9.78 Å². The van der Waals surface area contributed by atoms with E-state index in [1.54, 1.807) is 17.8 Å². The van der Waals surface area contributed by atoms with Gasteiger partial charge in [-0.05, 0) is 6.07 Å². The summed E-state index contributed by atoms with van der Waals surface area (Å²) in [6.07, 6.45) is 0. The molecule has 0 aromatic carbocycles. The Morgan fingerprint density at radius 3 is 2.33 bits per heavy atom. The van der Waals surface area contributed by atoms with Crippen LogP contribution in [0, 0.1) is 0 Å². The second-order valence-corrected chi connectivity index (χ2v) is 7.35. The lowest BCUT2D eigenvalue weighted by molar-refractivity contribution is 0.552. The Morgan fingerprint density at radius 1 is 1.47 bits per heavy atom. The highest BCUT2D eigenvalue weighted by Crippen LogP contribution is 2.22. The van der Waals surface area contributed by atoms with Gasteiger partial charge in [-0.15, -0.1) is 0 Å². The van der Waals surface area contributed by atoms with Crippen molar-refractivity contribution >= 4 is 19.7 Å². The molecule has 0 spiro atoms. The molecule has 1 aromatic heterocycles. The summed E-state index contributed by atoms with van der Waals surface area (Å²) in [7, 11) is 3.39. The minimum absolute atomic E-state index is 0.0912. The molecule has 86 valence electrons. The lowest BCUT2D eigenvalue weighted by Crippen LogP contribution is -2.12. The van der Waals surface area contributed by atoms with Crippen LogP contribution in [0.15, 0.2) is 6.07 Å². The summed E-state index contributed by atoms with van der Waals surface area (Å²) in [5.41, 5.74) is 1.38. The molecule has 0 unspecified atom stereocenters. The molecular weight excluding hydrogens is 236 g/mol. The predicted octanol–water partition coefficient (Wildman–Crippen LogP) is 1.79. The van der Waals surface area contributed by atoms with Crippen molar-refractivity contribution in [3.05, 3.63) is 17.5 Å². The number of rotatable bonds is 2. The topological polar surface area (TPSA) is 52.0 Å². The first-order valence-electron chi connectivity index (χ1n) is 4.55. The molecule has 0 atom stereocenters. The molecule has 0 saturated heterocycles. The fourth-order valence-corrected chi connectivity index (χ4v) is 2.14. The third-order valence-electron chi connectivity index (χ3n) is 2.07. The molecule has 0 radical (unpaired) electrons. The highest BCUT2D eigenvalue weighted by molar-refractivity contribution is 8.13. The van der Waals surface area contributed by atoms with Crippen LogP contribution in [-0.4, -0.2) is 18.2 Å². The highest BCUT2D eigenvalue weighted by atomic mass is 35.7. The summed E-state index contributed by atoms with van der Waals surface area (Å²) in [4.78, 5) is 0. The van der Waals surface area contributed by atoms with Crippen molar-refractivity contribution in [2.45, 2.75) is 31.9 Å². The molecule has 0 saturated carbocycles. The molecule has 0 fully saturated rings. The average molecular weight is 251 g/mol. The first-order chi connectivity index (χ1) is 6.59. The molecule has 1 rings (SSSR count). The van der Waals surface area contributed by atoms with Crippen LogP contribution >= 0.6 is 10.7 Å². The van der Waals surface area contributed by atoms with Crippen LogP contribution in [0.5, 0.6) is 0 Å². The summed E-state index contributed by atoms with van der Waals surface area (Å²) < 4.78 is 23.4. The van der Waals surface area contributed by atoms with E-state index in [4.69, 9.17) is 10.7 Å². The minimum Gasteiger partial charge on any atom is -0.271 e. The van der Waals surface area contributed by atoms with Crippen LogP contribution in [0.25, 0.3) is 0 Å². The van der Waals surface area contributed by atoms with Crippen LogP contribution in [-0.2, 0) is 27.3 Å². The maximum Gasteiger partial charge on any atom is 0.238 e. The van der Waals surface area contributed by atoms with Gasteiger partial charge in [0.15, 0.2) is 0 Å². The SMILES string of the molecule is Cn1nc(C(C)(C)C)cc1CS(=O)(=O)Cl. The van der Waals surface area contributed by atoms with Crippen LogP contribution < -0.4 is 0 Å². The van der Waals surface area contributed by atoms with E-state index in [-0.39, 0.29) is 11.2 Å². The van der Waals surface area contributed by atoms with Crippen LogP contribution in [0.1, 0.15) is 32.2 Å². The third kappa shape index (κ3) is 3.50. The molecular formula is C9H15ClN2O2S. The Hall–Kier alpha value is -0.550.